The third kappa shape index (κ3) is 4.44. The molecule has 3 aromatic carbocycles. The van der Waals surface area contributed by atoms with Crippen molar-refractivity contribution >= 4 is 11.7 Å². The molecule has 0 unspecified atom stereocenters. The number of benzene rings is 3. The Morgan fingerprint density at radius 1 is 1.09 bits per heavy atom. The number of carbonyl (C=O) groups is 1. The molecule has 4 rings (SSSR count). The van der Waals surface area contributed by atoms with Gasteiger partial charge in [0.15, 0.2) is 0 Å². The number of nitrogens with zero attached hydrogens (tertiary/aromatic N) is 4. The standard InChI is InChI=1S/C24H23N5O3/c1-16-7-9-17(10-8-16)11-12-25-23-20(19-5-3-4-6-22(19)32-2)13-18(14-21(23)24(30)31)29-15-26-27-28-29/h3-10,13-15,25H,11-12H2,1-2H3,(H,30,31). The minimum Gasteiger partial charge on any atom is -0.496 e. The fourth-order valence-electron chi connectivity index (χ4n) is 3.56. The average Bonchev–Trinajstić information content (AvgIpc) is 3.35. The van der Waals surface area contributed by atoms with Crippen LogP contribution in [0.4, 0.5) is 5.69 Å². The van der Waals surface area contributed by atoms with E-state index in [1.54, 1.807) is 13.2 Å². The molecule has 0 aliphatic rings. The maximum Gasteiger partial charge on any atom is 0.337 e. The highest BCUT2D eigenvalue weighted by atomic mass is 16.5. The molecule has 0 aliphatic carbocycles. The summed E-state index contributed by atoms with van der Waals surface area (Å²) in [6.45, 7) is 2.61. The number of methoxy groups -OCH3 is 1. The summed E-state index contributed by atoms with van der Waals surface area (Å²) >= 11 is 0. The molecule has 8 nitrogen and oxygen atoms in total. The summed E-state index contributed by atoms with van der Waals surface area (Å²) < 4.78 is 6.98. The molecule has 1 aromatic heterocycles. The number of tetrazole rings is 1. The summed E-state index contributed by atoms with van der Waals surface area (Å²) in [7, 11) is 1.59. The number of aromatic nitrogens is 4. The second-order valence-electron chi connectivity index (χ2n) is 7.34. The van der Waals surface area contributed by atoms with Crippen LogP contribution < -0.4 is 10.1 Å². The summed E-state index contributed by atoms with van der Waals surface area (Å²) in [4.78, 5) is 12.2. The van der Waals surface area contributed by atoms with E-state index in [-0.39, 0.29) is 5.56 Å². The van der Waals surface area contributed by atoms with Gasteiger partial charge in [0.25, 0.3) is 0 Å². The van der Waals surface area contributed by atoms with Gasteiger partial charge in [0, 0.05) is 17.7 Å². The van der Waals surface area contributed by atoms with Crippen molar-refractivity contribution in [2.24, 2.45) is 0 Å². The topological polar surface area (TPSA) is 102 Å². The number of rotatable bonds is 8. The van der Waals surface area contributed by atoms with Crippen LogP contribution in [0.5, 0.6) is 5.75 Å². The number of nitrogens with one attached hydrogen (secondary N) is 1. The lowest BCUT2D eigenvalue weighted by molar-refractivity contribution is 0.0698. The number of ether oxygens (including phenoxy) is 1. The van der Waals surface area contributed by atoms with Crippen molar-refractivity contribution in [3.05, 3.63) is 83.7 Å². The van der Waals surface area contributed by atoms with E-state index in [1.165, 1.54) is 22.1 Å². The Morgan fingerprint density at radius 3 is 2.56 bits per heavy atom. The van der Waals surface area contributed by atoms with Gasteiger partial charge in [0.2, 0.25) is 0 Å². The predicted octanol–water partition coefficient (Wildman–Crippen LogP) is 4.00. The van der Waals surface area contributed by atoms with Crippen LogP contribution in [0, 0.1) is 6.92 Å². The molecular formula is C24H23N5O3. The van der Waals surface area contributed by atoms with Gasteiger partial charge in [-0.3, -0.25) is 0 Å². The summed E-state index contributed by atoms with van der Waals surface area (Å²) in [5.74, 6) is -0.409. The van der Waals surface area contributed by atoms with Crippen LogP contribution in [0.25, 0.3) is 16.8 Å². The van der Waals surface area contributed by atoms with Crippen LogP contribution in [0.2, 0.25) is 0 Å². The van der Waals surface area contributed by atoms with E-state index in [2.05, 4.69) is 45.1 Å². The molecule has 162 valence electrons. The van der Waals surface area contributed by atoms with Gasteiger partial charge < -0.3 is 15.2 Å². The molecule has 4 aromatic rings. The average molecular weight is 429 g/mol. The molecule has 0 saturated heterocycles. The van der Waals surface area contributed by atoms with Gasteiger partial charge in [0.05, 0.1) is 24.0 Å². The van der Waals surface area contributed by atoms with Crippen LogP contribution in [0.15, 0.2) is 67.0 Å². The number of carboxylic acid groups (broad SMARTS) is 1. The molecule has 0 amide bonds. The fraction of sp³-hybridized carbons (Fsp3) is 0.167. The summed E-state index contributed by atoms with van der Waals surface area (Å²) in [5, 5.41) is 24.6. The van der Waals surface area contributed by atoms with Gasteiger partial charge >= 0.3 is 5.97 Å². The Morgan fingerprint density at radius 2 is 1.88 bits per heavy atom. The summed E-state index contributed by atoms with van der Waals surface area (Å²) in [5.41, 5.74) is 5.02. The first kappa shape index (κ1) is 21.0. The van der Waals surface area contributed by atoms with E-state index in [0.717, 1.165) is 12.0 Å². The highest BCUT2D eigenvalue weighted by Gasteiger charge is 2.20. The lowest BCUT2D eigenvalue weighted by Crippen LogP contribution is -2.12. The first-order valence-corrected chi connectivity index (χ1v) is 10.1. The predicted molar refractivity (Wildman–Crippen MR) is 121 cm³/mol. The number of hydrogen-bond acceptors (Lipinski definition) is 6. The van der Waals surface area contributed by atoms with Crippen LogP contribution in [-0.2, 0) is 6.42 Å². The summed E-state index contributed by atoms with van der Waals surface area (Å²) in [6.07, 6.45) is 2.18. The van der Waals surface area contributed by atoms with Crippen LogP contribution in [-0.4, -0.2) is 44.9 Å². The van der Waals surface area contributed by atoms with Crippen molar-refractivity contribution in [1.29, 1.82) is 0 Å². The third-order valence-corrected chi connectivity index (χ3v) is 5.20. The molecular weight excluding hydrogens is 406 g/mol. The second-order valence-corrected chi connectivity index (χ2v) is 7.34. The SMILES string of the molecule is COc1ccccc1-c1cc(-n2cnnn2)cc(C(=O)O)c1NCCc1ccc(C)cc1. The zero-order valence-electron chi connectivity index (χ0n) is 17.8. The van der Waals surface area contributed by atoms with Crippen molar-refractivity contribution in [1.82, 2.24) is 20.2 Å². The van der Waals surface area contributed by atoms with Gasteiger partial charge in [0.1, 0.15) is 12.1 Å². The Bertz CT molecular complexity index is 1220. The first-order valence-electron chi connectivity index (χ1n) is 10.1. The lowest BCUT2D eigenvalue weighted by Gasteiger charge is -2.18. The molecule has 0 aliphatic heterocycles. The number of carboxylic acids is 1. The monoisotopic (exact) mass is 429 g/mol. The van der Waals surface area contributed by atoms with E-state index in [0.29, 0.717) is 29.2 Å². The van der Waals surface area contributed by atoms with Gasteiger partial charge in [-0.2, -0.15) is 0 Å². The van der Waals surface area contributed by atoms with E-state index in [4.69, 9.17) is 4.74 Å². The molecule has 0 atom stereocenters. The van der Waals surface area contributed by atoms with Crippen molar-refractivity contribution in [3.8, 4) is 22.6 Å². The first-order chi connectivity index (χ1) is 15.6. The van der Waals surface area contributed by atoms with E-state index >= 15 is 0 Å². The largest absolute Gasteiger partial charge is 0.496 e. The highest BCUT2D eigenvalue weighted by Crippen LogP contribution is 2.38. The lowest BCUT2D eigenvalue weighted by atomic mass is 9.97. The summed E-state index contributed by atoms with van der Waals surface area (Å²) in [6, 6.07) is 19.2. The minimum absolute atomic E-state index is 0.128. The molecule has 1 heterocycles. The van der Waals surface area contributed by atoms with Crippen LogP contribution in [0.3, 0.4) is 0 Å². The van der Waals surface area contributed by atoms with E-state index < -0.39 is 5.97 Å². The van der Waals surface area contributed by atoms with Gasteiger partial charge in [-0.25, -0.2) is 9.48 Å². The maximum atomic E-state index is 12.2. The van der Waals surface area contributed by atoms with E-state index in [9.17, 15) is 9.90 Å². The Labute approximate surface area is 185 Å². The fourth-order valence-corrected chi connectivity index (χ4v) is 3.56. The number of anilines is 1. The van der Waals surface area contributed by atoms with Gasteiger partial charge in [-0.05, 0) is 47.5 Å². The van der Waals surface area contributed by atoms with Crippen molar-refractivity contribution in [2.45, 2.75) is 13.3 Å². The molecule has 8 heteroatoms. The van der Waals surface area contributed by atoms with Crippen molar-refractivity contribution in [2.75, 3.05) is 19.0 Å². The second kappa shape index (κ2) is 9.30. The Balaban J connectivity index is 1.78. The highest BCUT2D eigenvalue weighted by molar-refractivity contribution is 6.01. The quantitative estimate of drug-likeness (QED) is 0.436. The molecule has 2 N–H and O–H groups in total. The van der Waals surface area contributed by atoms with Crippen LogP contribution in [0.1, 0.15) is 21.5 Å². The maximum absolute atomic E-state index is 12.2. The number of para-hydroxylation sites is 1. The van der Waals surface area contributed by atoms with E-state index in [1.807, 2.05) is 37.3 Å². The number of aryl methyl sites for hydroxylation is 1. The van der Waals surface area contributed by atoms with Crippen molar-refractivity contribution in [3.63, 3.8) is 0 Å². The van der Waals surface area contributed by atoms with Crippen molar-refractivity contribution < 1.29 is 14.6 Å². The molecule has 0 fully saturated rings. The molecule has 32 heavy (non-hydrogen) atoms. The van der Waals surface area contributed by atoms with Gasteiger partial charge in [-0.15, -0.1) is 5.10 Å². The molecule has 0 radical (unpaired) electrons. The molecule has 0 spiro atoms. The smallest absolute Gasteiger partial charge is 0.337 e. The van der Waals surface area contributed by atoms with Crippen LogP contribution >= 0.6 is 0 Å². The molecule has 0 saturated carbocycles. The minimum atomic E-state index is -1.05. The Kier molecular flexibility index (Phi) is 6.12. The third-order valence-electron chi connectivity index (χ3n) is 5.20. The normalized spacial score (nSPS) is 10.7. The van der Waals surface area contributed by atoms with Gasteiger partial charge in [-0.1, -0.05) is 48.0 Å². The number of hydrogen-bond donors (Lipinski definition) is 2. The zero-order valence-corrected chi connectivity index (χ0v) is 17.8. The number of aromatic carboxylic acids is 1. The molecule has 0 bridgehead atoms. The zero-order chi connectivity index (χ0) is 22.5. The Hall–Kier alpha value is -4.20.